The summed E-state index contributed by atoms with van der Waals surface area (Å²) >= 11 is 1.18. The number of hydrogen-bond donors (Lipinski definition) is 1. The van der Waals surface area contributed by atoms with Crippen molar-refractivity contribution in [2.24, 2.45) is 0 Å². The van der Waals surface area contributed by atoms with Gasteiger partial charge in [-0.15, -0.1) is 5.10 Å². The summed E-state index contributed by atoms with van der Waals surface area (Å²) in [6, 6.07) is 7.75. The summed E-state index contributed by atoms with van der Waals surface area (Å²) in [6.07, 6.45) is 0.737. The Labute approximate surface area is 142 Å². The molecule has 1 aromatic carbocycles. The predicted octanol–water partition coefficient (Wildman–Crippen LogP) is 2.14. The van der Waals surface area contributed by atoms with Crippen molar-refractivity contribution in [1.82, 2.24) is 24.7 Å². The van der Waals surface area contributed by atoms with Crippen LogP contribution >= 0.6 is 11.5 Å². The summed E-state index contributed by atoms with van der Waals surface area (Å²) in [5.41, 5.74) is 4.24. The molecule has 0 bridgehead atoms. The maximum absolute atomic E-state index is 12.5. The van der Waals surface area contributed by atoms with Crippen LogP contribution in [0, 0.1) is 0 Å². The highest BCUT2D eigenvalue weighted by Gasteiger charge is 2.28. The van der Waals surface area contributed by atoms with Crippen molar-refractivity contribution in [1.29, 1.82) is 0 Å². The second-order valence-corrected chi connectivity index (χ2v) is 6.11. The van der Waals surface area contributed by atoms with E-state index in [0.29, 0.717) is 18.8 Å². The van der Waals surface area contributed by atoms with Gasteiger partial charge in [-0.05, 0) is 23.7 Å². The molecule has 122 valence electrons. The van der Waals surface area contributed by atoms with Crippen LogP contribution in [0.2, 0.25) is 0 Å². The van der Waals surface area contributed by atoms with E-state index in [-0.39, 0.29) is 5.91 Å². The molecule has 3 heterocycles. The molecule has 0 fully saturated rings. The first-order chi connectivity index (χ1) is 11.8. The lowest BCUT2D eigenvalue weighted by Crippen LogP contribution is -2.36. The number of para-hydroxylation sites is 1. The van der Waals surface area contributed by atoms with Gasteiger partial charge in [0.1, 0.15) is 11.4 Å². The van der Waals surface area contributed by atoms with Crippen molar-refractivity contribution in [3.05, 3.63) is 46.6 Å². The lowest BCUT2D eigenvalue weighted by molar-refractivity contribution is 0.0728. The smallest absolute Gasteiger partial charge is 0.275 e. The standard InChI is InChI=1S/C16H15N5O2S/c1-23-14-5-3-2-4-10(14)15-11-8-21(7-6-12(11)17-19-15)16(22)13-9-24-20-18-13/h2-5,9H,6-8H2,1H3,(H,17,19). The zero-order chi connectivity index (χ0) is 16.5. The molecule has 0 spiro atoms. The van der Waals surface area contributed by atoms with Crippen LogP contribution in [-0.2, 0) is 13.0 Å². The number of rotatable bonds is 3. The van der Waals surface area contributed by atoms with Gasteiger partial charge in [0.2, 0.25) is 0 Å². The number of amides is 1. The van der Waals surface area contributed by atoms with Gasteiger partial charge in [-0.25, -0.2) is 0 Å². The van der Waals surface area contributed by atoms with E-state index in [1.54, 1.807) is 17.4 Å². The SMILES string of the molecule is COc1ccccc1-c1n[nH]c2c1CN(C(=O)c1csnn1)CC2. The third-order valence-electron chi connectivity index (χ3n) is 4.16. The number of benzene rings is 1. The van der Waals surface area contributed by atoms with E-state index in [9.17, 15) is 4.79 Å². The summed E-state index contributed by atoms with van der Waals surface area (Å²) in [7, 11) is 1.64. The fourth-order valence-electron chi connectivity index (χ4n) is 2.95. The Morgan fingerprint density at radius 3 is 3.04 bits per heavy atom. The van der Waals surface area contributed by atoms with Crippen molar-refractivity contribution in [3.8, 4) is 17.0 Å². The number of nitrogens with one attached hydrogen (secondary N) is 1. The molecule has 8 heteroatoms. The Balaban J connectivity index is 1.69. The first-order valence-electron chi connectivity index (χ1n) is 7.53. The molecule has 2 aromatic heterocycles. The van der Waals surface area contributed by atoms with Crippen molar-refractivity contribution >= 4 is 17.4 Å². The summed E-state index contributed by atoms with van der Waals surface area (Å²) in [5, 5.41) is 13.1. The molecule has 0 unspecified atom stereocenters. The third-order valence-corrected chi connectivity index (χ3v) is 4.67. The number of ether oxygens (including phenoxy) is 1. The molecular weight excluding hydrogens is 326 g/mol. The number of aromatic nitrogens is 4. The first-order valence-corrected chi connectivity index (χ1v) is 8.37. The number of methoxy groups -OCH3 is 1. The topological polar surface area (TPSA) is 84.0 Å². The number of nitrogens with zero attached hydrogens (tertiary/aromatic N) is 4. The minimum Gasteiger partial charge on any atom is -0.496 e. The number of aromatic amines is 1. The summed E-state index contributed by atoms with van der Waals surface area (Å²) in [6.45, 7) is 1.13. The minimum atomic E-state index is -0.0958. The van der Waals surface area contributed by atoms with Gasteiger partial charge in [0.05, 0.1) is 13.7 Å². The second-order valence-electron chi connectivity index (χ2n) is 5.50. The van der Waals surface area contributed by atoms with Gasteiger partial charge in [0.25, 0.3) is 5.91 Å². The molecule has 0 aliphatic carbocycles. The van der Waals surface area contributed by atoms with Crippen LogP contribution in [0.5, 0.6) is 5.75 Å². The zero-order valence-electron chi connectivity index (χ0n) is 13.0. The average molecular weight is 341 g/mol. The number of fused-ring (bicyclic) bond motifs is 1. The van der Waals surface area contributed by atoms with Gasteiger partial charge >= 0.3 is 0 Å². The Hall–Kier alpha value is -2.74. The molecule has 7 nitrogen and oxygen atoms in total. The molecule has 3 aromatic rings. The molecule has 1 N–H and O–H groups in total. The van der Waals surface area contributed by atoms with Gasteiger partial charge in [0, 0.05) is 35.2 Å². The molecule has 24 heavy (non-hydrogen) atoms. The van der Waals surface area contributed by atoms with Gasteiger partial charge in [0.15, 0.2) is 5.69 Å². The molecule has 0 saturated heterocycles. The Morgan fingerprint density at radius 1 is 1.38 bits per heavy atom. The van der Waals surface area contributed by atoms with E-state index in [2.05, 4.69) is 19.8 Å². The average Bonchev–Trinajstić information content (AvgIpc) is 3.30. The fourth-order valence-corrected chi connectivity index (χ4v) is 3.38. The van der Waals surface area contributed by atoms with Crippen LogP contribution in [0.25, 0.3) is 11.3 Å². The van der Waals surface area contributed by atoms with E-state index in [1.165, 1.54) is 11.5 Å². The number of carbonyl (C=O) groups excluding carboxylic acids is 1. The first kappa shape index (κ1) is 14.8. The molecule has 1 aliphatic heterocycles. The molecule has 0 radical (unpaired) electrons. The van der Waals surface area contributed by atoms with Gasteiger partial charge in [-0.1, -0.05) is 16.6 Å². The van der Waals surface area contributed by atoms with Gasteiger partial charge in [-0.2, -0.15) is 5.10 Å². The van der Waals surface area contributed by atoms with Gasteiger partial charge < -0.3 is 9.64 Å². The summed E-state index contributed by atoms with van der Waals surface area (Å²) in [5.74, 6) is 0.667. The highest BCUT2D eigenvalue weighted by molar-refractivity contribution is 7.03. The Bertz CT molecular complexity index is 874. The van der Waals surface area contributed by atoms with Crippen molar-refractivity contribution < 1.29 is 9.53 Å². The van der Waals surface area contributed by atoms with Crippen molar-refractivity contribution in [3.63, 3.8) is 0 Å². The Kier molecular flexibility index (Phi) is 3.73. The molecule has 1 aliphatic rings. The van der Waals surface area contributed by atoms with E-state index >= 15 is 0 Å². The van der Waals surface area contributed by atoms with Crippen LogP contribution in [-0.4, -0.2) is 44.2 Å². The number of hydrogen-bond acceptors (Lipinski definition) is 6. The van der Waals surface area contributed by atoms with E-state index in [0.717, 1.165) is 34.7 Å². The highest BCUT2D eigenvalue weighted by atomic mass is 32.1. The normalized spacial score (nSPS) is 13.6. The predicted molar refractivity (Wildman–Crippen MR) is 88.9 cm³/mol. The maximum atomic E-state index is 12.5. The largest absolute Gasteiger partial charge is 0.496 e. The van der Waals surface area contributed by atoms with Crippen LogP contribution in [0.4, 0.5) is 0 Å². The lowest BCUT2D eigenvalue weighted by atomic mass is 10.00. The van der Waals surface area contributed by atoms with Crippen LogP contribution < -0.4 is 4.74 Å². The van der Waals surface area contributed by atoms with Crippen LogP contribution in [0.1, 0.15) is 21.7 Å². The molecule has 4 rings (SSSR count). The molecular formula is C16H15N5O2S. The summed E-state index contributed by atoms with van der Waals surface area (Å²) < 4.78 is 9.21. The quantitative estimate of drug-likeness (QED) is 0.789. The fraction of sp³-hybridized carbons (Fsp3) is 0.250. The van der Waals surface area contributed by atoms with E-state index in [1.807, 2.05) is 24.3 Å². The lowest BCUT2D eigenvalue weighted by Gasteiger charge is -2.26. The van der Waals surface area contributed by atoms with Gasteiger partial charge in [-0.3, -0.25) is 9.89 Å². The monoisotopic (exact) mass is 341 g/mol. The highest BCUT2D eigenvalue weighted by Crippen LogP contribution is 2.34. The molecule has 1 amide bonds. The maximum Gasteiger partial charge on any atom is 0.275 e. The molecule has 0 saturated carbocycles. The number of carbonyl (C=O) groups is 1. The summed E-state index contributed by atoms with van der Waals surface area (Å²) in [4.78, 5) is 14.3. The third kappa shape index (κ3) is 2.44. The second kappa shape index (κ2) is 6.04. The number of H-pyrrole nitrogens is 1. The minimum absolute atomic E-state index is 0.0958. The Morgan fingerprint density at radius 2 is 2.25 bits per heavy atom. The molecule has 0 atom stereocenters. The zero-order valence-corrected chi connectivity index (χ0v) is 13.8. The van der Waals surface area contributed by atoms with Crippen LogP contribution in [0.3, 0.4) is 0 Å². The van der Waals surface area contributed by atoms with Crippen molar-refractivity contribution in [2.75, 3.05) is 13.7 Å². The van der Waals surface area contributed by atoms with E-state index in [4.69, 9.17) is 4.74 Å². The van der Waals surface area contributed by atoms with Crippen LogP contribution in [0.15, 0.2) is 29.6 Å². The van der Waals surface area contributed by atoms with E-state index < -0.39 is 0 Å². The van der Waals surface area contributed by atoms with Crippen molar-refractivity contribution in [2.45, 2.75) is 13.0 Å².